The van der Waals surface area contributed by atoms with Gasteiger partial charge in [0.05, 0.1) is 12.2 Å². The fourth-order valence-corrected chi connectivity index (χ4v) is 5.21. The molecule has 0 saturated carbocycles. The van der Waals surface area contributed by atoms with Gasteiger partial charge in [-0.15, -0.1) is 10.2 Å². The highest BCUT2D eigenvalue weighted by Crippen LogP contribution is 2.26. The zero-order chi connectivity index (χ0) is 26.1. The summed E-state index contributed by atoms with van der Waals surface area (Å²) >= 11 is 0. The summed E-state index contributed by atoms with van der Waals surface area (Å²) in [4.78, 5) is 21.5. The topological polar surface area (TPSA) is 123 Å². The summed E-state index contributed by atoms with van der Waals surface area (Å²) in [6.45, 7) is 3.88. The normalized spacial score (nSPS) is 14.6. The summed E-state index contributed by atoms with van der Waals surface area (Å²) in [6, 6.07) is 6.61. The zero-order valence-corrected chi connectivity index (χ0v) is 20.3. The standard InChI is InChI=1S/C22H24F3N7O3S/c1-14(2)32-13-27-30-20(32)17-4-3-5-19(28-17)29-21(33)18-10-16-12-31(8-6-15(16)11-26-18)36(34,35)9-7-22(23,24)25/h3-5,10-11,13-14H,6-9,12H2,1-2H3,(H,28,29,33). The zero-order valence-electron chi connectivity index (χ0n) is 19.5. The van der Waals surface area contributed by atoms with E-state index in [1.165, 1.54) is 12.3 Å². The third-order valence-corrected chi connectivity index (χ3v) is 7.50. The highest BCUT2D eigenvalue weighted by molar-refractivity contribution is 7.89. The molecule has 0 fully saturated rings. The maximum Gasteiger partial charge on any atom is 0.390 e. The number of hydrogen-bond donors (Lipinski definition) is 1. The van der Waals surface area contributed by atoms with Crippen LogP contribution in [0.3, 0.4) is 0 Å². The van der Waals surface area contributed by atoms with Crippen molar-refractivity contribution in [2.24, 2.45) is 0 Å². The van der Waals surface area contributed by atoms with Crippen LogP contribution in [0.25, 0.3) is 11.5 Å². The van der Waals surface area contributed by atoms with Crippen LogP contribution in [0.5, 0.6) is 0 Å². The number of rotatable bonds is 7. The van der Waals surface area contributed by atoms with Crippen molar-refractivity contribution in [2.75, 3.05) is 17.6 Å². The quantitative estimate of drug-likeness (QED) is 0.505. The van der Waals surface area contributed by atoms with Gasteiger partial charge in [0.1, 0.15) is 23.5 Å². The SMILES string of the molecule is CC(C)n1cnnc1-c1cccc(NC(=O)c2cc3c(cn2)CCN(S(=O)(=O)CCC(F)(F)F)C3)n1. The second-order valence-corrected chi connectivity index (χ2v) is 10.7. The van der Waals surface area contributed by atoms with Gasteiger partial charge in [-0.05, 0) is 49.6 Å². The van der Waals surface area contributed by atoms with Gasteiger partial charge in [0.2, 0.25) is 10.0 Å². The number of halogens is 3. The van der Waals surface area contributed by atoms with Gasteiger partial charge in [-0.25, -0.2) is 13.4 Å². The first-order chi connectivity index (χ1) is 16.9. The molecule has 0 spiro atoms. The Morgan fingerprint density at radius 1 is 1.22 bits per heavy atom. The van der Waals surface area contributed by atoms with Crippen molar-refractivity contribution in [3.05, 3.63) is 53.6 Å². The Morgan fingerprint density at radius 2 is 2.00 bits per heavy atom. The fraction of sp³-hybridized carbons (Fsp3) is 0.409. The number of nitrogens with zero attached hydrogens (tertiary/aromatic N) is 6. The molecule has 0 bridgehead atoms. The fourth-order valence-electron chi connectivity index (χ4n) is 3.76. The molecule has 10 nitrogen and oxygen atoms in total. The van der Waals surface area contributed by atoms with E-state index in [2.05, 4.69) is 25.5 Å². The number of amides is 1. The Balaban J connectivity index is 1.49. The predicted octanol–water partition coefficient (Wildman–Crippen LogP) is 3.21. The molecule has 1 aliphatic rings. The summed E-state index contributed by atoms with van der Waals surface area (Å²) in [5.74, 6) is -0.784. The van der Waals surface area contributed by atoms with E-state index in [0.29, 0.717) is 17.1 Å². The van der Waals surface area contributed by atoms with Crippen LogP contribution < -0.4 is 5.32 Å². The van der Waals surface area contributed by atoms with Gasteiger partial charge < -0.3 is 9.88 Å². The number of alkyl halides is 3. The maximum atomic E-state index is 12.9. The summed E-state index contributed by atoms with van der Waals surface area (Å²) in [6.07, 6.45) is -2.61. The number of nitrogens with one attached hydrogen (secondary N) is 1. The molecule has 0 unspecified atom stereocenters. The first-order valence-electron chi connectivity index (χ1n) is 11.1. The van der Waals surface area contributed by atoms with Gasteiger partial charge in [0.15, 0.2) is 5.82 Å². The van der Waals surface area contributed by atoms with Crippen LogP contribution in [0.15, 0.2) is 36.8 Å². The molecule has 0 aliphatic carbocycles. The Labute approximate surface area is 205 Å². The van der Waals surface area contributed by atoms with Gasteiger partial charge in [-0.2, -0.15) is 17.5 Å². The molecule has 1 amide bonds. The lowest BCUT2D eigenvalue weighted by atomic mass is 10.0. The second-order valence-electron chi connectivity index (χ2n) is 8.62. The summed E-state index contributed by atoms with van der Waals surface area (Å²) in [7, 11) is -4.11. The Morgan fingerprint density at radius 3 is 2.72 bits per heavy atom. The monoisotopic (exact) mass is 523 g/mol. The molecule has 0 saturated heterocycles. The van der Waals surface area contributed by atoms with Crippen LogP contribution in [0.4, 0.5) is 19.0 Å². The van der Waals surface area contributed by atoms with Crippen molar-refractivity contribution in [1.29, 1.82) is 0 Å². The molecule has 192 valence electrons. The smallest absolute Gasteiger partial charge is 0.310 e. The van der Waals surface area contributed by atoms with Gasteiger partial charge in [0, 0.05) is 25.3 Å². The average molecular weight is 524 g/mol. The number of carbonyl (C=O) groups is 1. The molecule has 14 heteroatoms. The Bertz CT molecular complexity index is 1370. The Kier molecular flexibility index (Phi) is 7.09. The number of sulfonamides is 1. The van der Waals surface area contributed by atoms with E-state index >= 15 is 0 Å². The molecule has 1 aliphatic heterocycles. The van der Waals surface area contributed by atoms with Crippen LogP contribution >= 0.6 is 0 Å². The lowest BCUT2D eigenvalue weighted by Gasteiger charge is -2.28. The van der Waals surface area contributed by atoms with E-state index in [4.69, 9.17) is 0 Å². The van der Waals surface area contributed by atoms with Gasteiger partial charge in [-0.1, -0.05) is 6.07 Å². The second kappa shape index (κ2) is 9.93. The maximum absolute atomic E-state index is 12.9. The van der Waals surface area contributed by atoms with E-state index in [0.717, 1.165) is 9.87 Å². The minimum Gasteiger partial charge on any atom is -0.310 e. The number of aromatic nitrogens is 5. The molecule has 4 heterocycles. The van der Waals surface area contributed by atoms with Crippen molar-refractivity contribution in [1.82, 2.24) is 29.0 Å². The highest BCUT2D eigenvalue weighted by atomic mass is 32.2. The molecule has 3 aromatic rings. The van der Waals surface area contributed by atoms with Gasteiger partial charge in [0.25, 0.3) is 5.91 Å². The molecule has 0 radical (unpaired) electrons. The number of carbonyl (C=O) groups excluding carboxylic acids is 1. The molecule has 1 N–H and O–H groups in total. The average Bonchev–Trinajstić information content (AvgIpc) is 3.32. The van der Waals surface area contributed by atoms with E-state index in [-0.39, 0.29) is 37.1 Å². The highest BCUT2D eigenvalue weighted by Gasteiger charge is 2.34. The van der Waals surface area contributed by atoms with Crippen molar-refractivity contribution in [3.8, 4) is 11.5 Å². The number of pyridine rings is 2. The van der Waals surface area contributed by atoms with Crippen LogP contribution in [-0.4, -0.2) is 61.8 Å². The molecule has 3 aromatic heterocycles. The van der Waals surface area contributed by atoms with Crippen molar-refractivity contribution in [2.45, 2.75) is 45.5 Å². The summed E-state index contributed by atoms with van der Waals surface area (Å²) < 4.78 is 65.2. The first kappa shape index (κ1) is 25.7. The van der Waals surface area contributed by atoms with Gasteiger partial charge >= 0.3 is 6.18 Å². The van der Waals surface area contributed by atoms with E-state index < -0.39 is 34.3 Å². The molecule has 36 heavy (non-hydrogen) atoms. The van der Waals surface area contributed by atoms with Crippen molar-refractivity contribution in [3.63, 3.8) is 0 Å². The largest absolute Gasteiger partial charge is 0.390 e. The molecule has 0 aromatic carbocycles. The number of fused-ring (bicyclic) bond motifs is 1. The Hall–Kier alpha value is -3.39. The lowest BCUT2D eigenvalue weighted by Crippen LogP contribution is -2.38. The molecule has 4 rings (SSSR count). The number of hydrogen-bond acceptors (Lipinski definition) is 7. The van der Waals surface area contributed by atoms with E-state index in [9.17, 15) is 26.4 Å². The minimum absolute atomic E-state index is 0.0286. The van der Waals surface area contributed by atoms with E-state index in [1.807, 2.05) is 18.4 Å². The summed E-state index contributed by atoms with van der Waals surface area (Å²) in [5, 5.41) is 10.7. The van der Waals surface area contributed by atoms with Gasteiger partial charge in [-0.3, -0.25) is 9.78 Å². The number of anilines is 1. The molecular formula is C22H24F3N7O3S. The third-order valence-electron chi connectivity index (χ3n) is 5.68. The minimum atomic E-state index is -4.56. The van der Waals surface area contributed by atoms with Crippen LogP contribution in [-0.2, 0) is 23.0 Å². The molecule has 0 atom stereocenters. The lowest BCUT2D eigenvalue weighted by molar-refractivity contribution is -0.130. The van der Waals surface area contributed by atoms with E-state index in [1.54, 1.807) is 24.5 Å². The first-order valence-corrected chi connectivity index (χ1v) is 12.7. The predicted molar refractivity (Wildman–Crippen MR) is 124 cm³/mol. The third kappa shape index (κ3) is 5.87. The van der Waals surface area contributed by atoms with Crippen molar-refractivity contribution < 1.29 is 26.4 Å². The van der Waals surface area contributed by atoms with Crippen LogP contribution in [0.1, 0.15) is 47.9 Å². The summed E-state index contributed by atoms with van der Waals surface area (Å²) in [5.41, 5.74) is 1.80. The van der Waals surface area contributed by atoms with Crippen LogP contribution in [0, 0.1) is 0 Å². The van der Waals surface area contributed by atoms with Crippen molar-refractivity contribution >= 4 is 21.7 Å². The van der Waals surface area contributed by atoms with Crippen LogP contribution in [0.2, 0.25) is 0 Å². The molecular weight excluding hydrogens is 499 g/mol.